The fourth-order valence-electron chi connectivity index (χ4n) is 2.60. The van der Waals surface area contributed by atoms with Gasteiger partial charge in [0, 0.05) is 31.4 Å². The summed E-state index contributed by atoms with van der Waals surface area (Å²) in [5.41, 5.74) is 4.25. The molecule has 94 valence electrons. The first-order chi connectivity index (χ1) is 8.22. The molecule has 0 saturated carbocycles. The highest BCUT2D eigenvalue weighted by Crippen LogP contribution is 2.23. The van der Waals surface area contributed by atoms with Crippen LogP contribution in [0, 0.1) is 13.8 Å². The van der Waals surface area contributed by atoms with Crippen molar-refractivity contribution < 1.29 is 0 Å². The molecule has 0 aliphatic carbocycles. The van der Waals surface area contributed by atoms with Crippen molar-refractivity contribution >= 4 is 5.69 Å². The molecule has 0 amide bonds. The van der Waals surface area contributed by atoms with Gasteiger partial charge >= 0.3 is 0 Å². The first kappa shape index (κ1) is 12.4. The van der Waals surface area contributed by atoms with Gasteiger partial charge in [-0.15, -0.1) is 0 Å². The molecule has 0 bridgehead atoms. The van der Waals surface area contributed by atoms with Gasteiger partial charge in [-0.05, 0) is 43.9 Å². The molecule has 2 rings (SSSR count). The number of nitrogens with zero attached hydrogens (tertiary/aromatic N) is 1. The minimum Gasteiger partial charge on any atom is -0.370 e. The molecule has 1 N–H and O–H groups in total. The van der Waals surface area contributed by atoms with Gasteiger partial charge in [0.05, 0.1) is 0 Å². The lowest BCUT2D eigenvalue weighted by Gasteiger charge is -2.25. The molecule has 1 atom stereocenters. The van der Waals surface area contributed by atoms with Crippen molar-refractivity contribution in [1.29, 1.82) is 0 Å². The zero-order valence-electron chi connectivity index (χ0n) is 11.3. The Morgan fingerprint density at radius 3 is 2.88 bits per heavy atom. The maximum atomic E-state index is 3.62. The summed E-state index contributed by atoms with van der Waals surface area (Å²) in [5, 5.41) is 3.62. The van der Waals surface area contributed by atoms with Gasteiger partial charge < -0.3 is 10.2 Å². The van der Waals surface area contributed by atoms with Crippen molar-refractivity contribution in [3.05, 3.63) is 29.3 Å². The first-order valence-electron chi connectivity index (χ1n) is 6.77. The predicted octanol–water partition coefficient (Wildman–Crippen LogP) is 2.88. The third-order valence-electron chi connectivity index (χ3n) is 3.97. The fourth-order valence-corrected chi connectivity index (χ4v) is 2.60. The minimum absolute atomic E-state index is 0.699. The van der Waals surface area contributed by atoms with Gasteiger partial charge in [-0.2, -0.15) is 0 Å². The molecule has 1 unspecified atom stereocenters. The second-order valence-corrected chi connectivity index (χ2v) is 5.05. The lowest BCUT2D eigenvalue weighted by molar-refractivity contribution is 0.510. The average molecular weight is 232 g/mol. The molecule has 0 spiro atoms. The summed E-state index contributed by atoms with van der Waals surface area (Å²) in [6.45, 7) is 10.1. The molecular formula is C15H24N2. The third-order valence-corrected chi connectivity index (χ3v) is 3.97. The van der Waals surface area contributed by atoms with Crippen LogP contribution in [0.3, 0.4) is 0 Å². The van der Waals surface area contributed by atoms with E-state index in [4.69, 9.17) is 0 Å². The third kappa shape index (κ3) is 2.81. The van der Waals surface area contributed by atoms with E-state index in [1.807, 2.05) is 0 Å². The molecular weight excluding hydrogens is 208 g/mol. The molecule has 1 aromatic rings. The van der Waals surface area contributed by atoms with Crippen molar-refractivity contribution in [1.82, 2.24) is 5.32 Å². The summed E-state index contributed by atoms with van der Waals surface area (Å²) in [6, 6.07) is 7.33. The van der Waals surface area contributed by atoms with E-state index in [1.165, 1.54) is 36.2 Å². The summed E-state index contributed by atoms with van der Waals surface area (Å²) in [4.78, 5) is 2.53. The summed E-state index contributed by atoms with van der Waals surface area (Å²) in [5.74, 6) is 0. The molecule has 0 aromatic heterocycles. The zero-order chi connectivity index (χ0) is 12.3. The van der Waals surface area contributed by atoms with E-state index < -0.39 is 0 Å². The minimum atomic E-state index is 0.699. The number of benzene rings is 1. The van der Waals surface area contributed by atoms with Crippen molar-refractivity contribution in [2.75, 3.05) is 24.5 Å². The van der Waals surface area contributed by atoms with Crippen molar-refractivity contribution in [2.24, 2.45) is 0 Å². The van der Waals surface area contributed by atoms with E-state index in [9.17, 15) is 0 Å². The number of rotatable bonds is 2. The predicted molar refractivity (Wildman–Crippen MR) is 74.8 cm³/mol. The Balaban J connectivity index is 2.14. The summed E-state index contributed by atoms with van der Waals surface area (Å²) in [6.07, 6.45) is 2.49. The van der Waals surface area contributed by atoms with Gasteiger partial charge in [0.15, 0.2) is 0 Å². The Morgan fingerprint density at radius 2 is 2.12 bits per heavy atom. The van der Waals surface area contributed by atoms with Crippen LogP contribution in [0.5, 0.6) is 0 Å². The van der Waals surface area contributed by atoms with Gasteiger partial charge in [-0.3, -0.25) is 0 Å². The Kier molecular flexibility index (Phi) is 4.06. The highest BCUT2D eigenvalue weighted by molar-refractivity contribution is 5.56. The van der Waals surface area contributed by atoms with Gasteiger partial charge in [0.2, 0.25) is 0 Å². The second kappa shape index (κ2) is 5.54. The molecule has 1 aromatic carbocycles. The number of hydrogen-bond donors (Lipinski definition) is 1. The molecule has 1 aliphatic rings. The Hall–Kier alpha value is -1.02. The van der Waals surface area contributed by atoms with E-state index in [0.717, 1.165) is 13.1 Å². The summed E-state index contributed by atoms with van der Waals surface area (Å²) < 4.78 is 0. The number of nitrogens with one attached hydrogen (secondary N) is 1. The molecule has 1 saturated heterocycles. The maximum absolute atomic E-state index is 3.62. The van der Waals surface area contributed by atoms with E-state index >= 15 is 0 Å². The van der Waals surface area contributed by atoms with Crippen molar-refractivity contribution in [3.63, 3.8) is 0 Å². The van der Waals surface area contributed by atoms with Crippen LogP contribution in [0.2, 0.25) is 0 Å². The van der Waals surface area contributed by atoms with Crippen molar-refractivity contribution in [2.45, 2.75) is 39.7 Å². The fraction of sp³-hybridized carbons (Fsp3) is 0.600. The number of hydrogen-bond acceptors (Lipinski definition) is 2. The van der Waals surface area contributed by atoms with Crippen LogP contribution in [0.4, 0.5) is 5.69 Å². The van der Waals surface area contributed by atoms with E-state index in [-0.39, 0.29) is 0 Å². The molecule has 0 radical (unpaired) electrons. The zero-order valence-corrected chi connectivity index (χ0v) is 11.3. The molecule has 17 heavy (non-hydrogen) atoms. The van der Waals surface area contributed by atoms with Gasteiger partial charge in [0.1, 0.15) is 0 Å². The largest absolute Gasteiger partial charge is 0.370 e. The first-order valence-corrected chi connectivity index (χ1v) is 6.77. The Morgan fingerprint density at radius 1 is 1.29 bits per heavy atom. The summed E-state index contributed by atoms with van der Waals surface area (Å²) in [7, 11) is 0. The molecule has 1 heterocycles. The van der Waals surface area contributed by atoms with Crippen molar-refractivity contribution in [3.8, 4) is 0 Å². The van der Waals surface area contributed by atoms with Crippen LogP contribution >= 0.6 is 0 Å². The number of anilines is 1. The van der Waals surface area contributed by atoms with Crippen LogP contribution in [0.25, 0.3) is 0 Å². The normalized spacial score (nSPS) is 21.4. The van der Waals surface area contributed by atoms with E-state index in [2.05, 4.69) is 49.2 Å². The van der Waals surface area contributed by atoms with E-state index in [1.54, 1.807) is 0 Å². The molecule has 2 nitrogen and oxygen atoms in total. The highest BCUT2D eigenvalue weighted by Gasteiger charge is 2.16. The van der Waals surface area contributed by atoms with Crippen LogP contribution in [0.1, 0.15) is 30.9 Å². The monoisotopic (exact) mass is 232 g/mol. The molecule has 1 fully saturated rings. The lowest BCUT2D eigenvalue weighted by Crippen LogP contribution is -2.30. The second-order valence-electron chi connectivity index (χ2n) is 5.05. The Labute approximate surface area is 105 Å². The van der Waals surface area contributed by atoms with Gasteiger partial charge in [-0.1, -0.05) is 19.1 Å². The van der Waals surface area contributed by atoms with Gasteiger partial charge in [-0.25, -0.2) is 0 Å². The highest BCUT2D eigenvalue weighted by atomic mass is 15.2. The van der Waals surface area contributed by atoms with Crippen LogP contribution in [-0.2, 0) is 0 Å². The SMILES string of the molecule is CCC1CCN(c2cccc(C)c2C)CCN1. The lowest BCUT2D eigenvalue weighted by atomic mass is 10.1. The smallest absolute Gasteiger partial charge is 0.0399 e. The van der Waals surface area contributed by atoms with E-state index in [0.29, 0.717) is 6.04 Å². The molecule has 1 aliphatic heterocycles. The van der Waals surface area contributed by atoms with Crippen LogP contribution < -0.4 is 10.2 Å². The Bertz CT molecular complexity index is 373. The standard InChI is InChI=1S/C15H24N2/c1-4-14-8-10-17(11-9-16-14)15-7-5-6-12(2)13(15)3/h5-7,14,16H,4,8-11H2,1-3H3. The average Bonchev–Trinajstić information content (AvgIpc) is 2.58. The number of aryl methyl sites for hydroxylation is 1. The summed E-state index contributed by atoms with van der Waals surface area (Å²) >= 11 is 0. The maximum Gasteiger partial charge on any atom is 0.0399 e. The van der Waals surface area contributed by atoms with Crippen LogP contribution in [-0.4, -0.2) is 25.7 Å². The van der Waals surface area contributed by atoms with Gasteiger partial charge in [0.25, 0.3) is 0 Å². The topological polar surface area (TPSA) is 15.3 Å². The van der Waals surface area contributed by atoms with Crippen LogP contribution in [0.15, 0.2) is 18.2 Å². The quantitative estimate of drug-likeness (QED) is 0.843. The molecule has 2 heteroatoms.